The Morgan fingerprint density at radius 2 is 2.07 bits per heavy atom. The molecule has 29 heavy (non-hydrogen) atoms. The SMILES string of the molecule is CN(C)c1ccc(C(=O)N2CCC[C@@H](c3nc4ccccc4s3)C2)cc1[N+](=O)[O-]. The fraction of sp³-hybridized carbons (Fsp3) is 0.333. The summed E-state index contributed by atoms with van der Waals surface area (Å²) in [5, 5.41) is 12.5. The molecule has 1 saturated heterocycles. The number of piperidine rings is 1. The standard InChI is InChI=1S/C21H22N4O3S/c1-23(2)17-10-9-14(12-18(17)25(27)28)21(26)24-11-5-6-15(13-24)20-22-16-7-3-4-8-19(16)29-20/h3-4,7-10,12,15H,5-6,11,13H2,1-2H3/t15-/m1/s1. The Morgan fingerprint density at radius 1 is 1.28 bits per heavy atom. The van der Waals surface area contributed by atoms with Crippen LogP contribution >= 0.6 is 11.3 Å². The van der Waals surface area contributed by atoms with Crippen LogP contribution < -0.4 is 4.90 Å². The maximum atomic E-state index is 13.1. The average Bonchev–Trinajstić information content (AvgIpc) is 3.17. The highest BCUT2D eigenvalue weighted by atomic mass is 32.1. The van der Waals surface area contributed by atoms with Gasteiger partial charge in [0.15, 0.2) is 0 Å². The molecule has 0 unspecified atom stereocenters. The first-order chi connectivity index (χ1) is 13.9. The van der Waals surface area contributed by atoms with Gasteiger partial charge in [0.2, 0.25) is 0 Å². The van der Waals surface area contributed by atoms with Crippen molar-refractivity contribution in [2.45, 2.75) is 18.8 Å². The molecule has 0 N–H and O–H groups in total. The molecule has 8 heteroatoms. The Hall–Kier alpha value is -3.00. The molecule has 150 valence electrons. The number of anilines is 1. The quantitative estimate of drug-likeness (QED) is 0.473. The van der Waals surface area contributed by atoms with Gasteiger partial charge in [0.1, 0.15) is 5.69 Å². The minimum absolute atomic E-state index is 0.0550. The van der Waals surface area contributed by atoms with Gasteiger partial charge in [0.05, 0.1) is 20.1 Å². The van der Waals surface area contributed by atoms with Gasteiger partial charge in [0.25, 0.3) is 11.6 Å². The van der Waals surface area contributed by atoms with Crippen LogP contribution in [0.3, 0.4) is 0 Å². The summed E-state index contributed by atoms with van der Waals surface area (Å²) in [7, 11) is 3.49. The Morgan fingerprint density at radius 3 is 2.79 bits per heavy atom. The molecule has 4 rings (SSSR count). The number of rotatable bonds is 4. The minimum Gasteiger partial charge on any atom is -0.372 e. The summed E-state index contributed by atoms with van der Waals surface area (Å²) in [5.41, 5.74) is 1.77. The third-order valence-electron chi connectivity index (χ3n) is 5.27. The second-order valence-corrected chi connectivity index (χ2v) is 8.53. The van der Waals surface area contributed by atoms with Crippen LogP contribution in [0.4, 0.5) is 11.4 Å². The number of nitrogens with zero attached hydrogens (tertiary/aromatic N) is 4. The smallest absolute Gasteiger partial charge is 0.293 e. The number of amides is 1. The molecular formula is C21H22N4O3S. The summed E-state index contributed by atoms with van der Waals surface area (Å²) in [5.74, 6) is 0.0327. The summed E-state index contributed by atoms with van der Waals surface area (Å²) in [4.78, 5) is 32.3. The number of para-hydroxylation sites is 1. The van der Waals surface area contributed by atoms with E-state index in [-0.39, 0.29) is 17.5 Å². The van der Waals surface area contributed by atoms with Gasteiger partial charge < -0.3 is 9.80 Å². The molecule has 0 spiro atoms. The summed E-state index contributed by atoms with van der Waals surface area (Å²) < 4.78 is 1.15. The average molecular weight is 410 g/mol. The zero-order valence-electron chi connectivity index (χ0n) is 16.4. The number of nitro benzene ring substituents is 1. The topological polar surface area (TPSA) is 79.6 Å². The lowest BCUT2D eigenvalue weighted by atomic mass is 9.98. The van der Waals surface area contributed by atoms with Gasteiger partial charge in [-0.1, -0.05) is 12.1 Å². The highest BCUT2D eigenvalue weighted by Gasteiger charge is 2.29. The lowest BCUT2D eigenvalue weighted by Gasteiger charge is -2.32. The van der Waals surface area contributed by atoms with Crippen LogP contribution in [0.2, 0.25) is 0 Å². The molecule has 7 nitrogen and oxygen atoms in total. The first-order valence-corrected chi connectivity index (χ1v) is 10.4. The number of benzene rings is 2. The third kappa shape index (κ3) is 3.80. The van der Waals surface area contributed by atoms with Gasteiger partial charge in [-0.2, -0.15) is 0 Å². The molecule has 1 aromatic heterocycles. The van der Waals surface area contributed by atoms with E-state index in [0.29, 0.717) is 24.3 Å². The van der Waals surface area contributed by atoms with Crippen LogP contribution in [0.1, 0.15) is 34.1 Å². The van der Waals surface area contributed by atoms with Crippen molar-refractivity contribution in [2.75, 3.05) is 32.1 Å². The number of hydrogen-bond donors (Lipinski definition) is 0. The molecule has 2 heterocycles. The van der Waals surface area contributed by atoms with E-state index in [1.807, 2.05) is 18.2 Å². The van der Waals surface area contributed by atoms with E-state index in [4.69, 9.17) is 4.98 Å². The summed E-state index contributed by atoms with van der Waals surface area (Å²) >= 11 is 1.68. The van der Waals surface area contributed by atoms with Gasteiger partial charge in [0, 0.05) is 44.7 Å². The van der Waals surface area contributed by atoms with Crippen LogP contribution in [0, 0.1) is 10.1 Å². The van der Waals surface area contributed by atoms with Crippen molar-refractivity contribution >= 4 is 38.8 Å². The van der Waals surface area contributed by atoms with E-state index in [0.717, 1.165) is 28.1 Å². The number of carbonyl (C=O) groups is 1. The predicted octanol–water partition coefficient (Wildman–Crippen LogP) is 4.29. The molecule has 0 bridgehead atoms. The Labute approximate surface area is 172 Å². The second kappa shape index (κ2) is 7.79. The van der Waals surface area contributed by atoms with E-state index in [2.05, 4.69) is 6.07 Å². The molecule has 3 aromatic rings. The maximum Gasteiger partial charge on any atom is 0.293 e. The molecule has 1 atom stereocenters. The van der Waals surface area contributed by atoms with Crippen molar-refractivity contribution in [3.8, 4) is 0 Å². The molecule has 0 aliphatic carbocycles. The van der Waals surface area contributed by atoms with E-state index in [1.165, 1.54) is 6.07 Å². The van der Waals surface area contributed by atoms with Crippen molar-refractivity contribution in [3.05, 3.63) is 63.1 Å². The maximum absolute atomic E-state index is 13.1. The molecule has 1 aliphatic rings. The first-order valence-electron chi connectivity index (χ1n) is 9.54. The number of hydrogen-bond acceptors (Lipinski definition) is 6. The fourth-order valence-electron chi connectivity index (χ4n) is 3.79. The van der Waals surface area contributed by atoms with Crippen molar-refractivity contribution in [1.82, 2.24) is 9.88 Å². The monoisotopic (exact) mass is 410 g/mol. The fourth-order valence-corrected chi connectivity index (χ4v) is 4.88. The van der Waals surface area contributed by atoms with Gasteiger partial charge in [-0.3, -0.25) is 14.9 Å². The lowest BCUT2D eigenvalue weighted by Crippen LogP contribution is -2.39. The molecule has 0 saturated carbocycles. The van der Waals surface area contributed by atoms with Crippen LogP contribution in [-0.4, -0.2) is 47.9 Å². The van der Waals surface area contributed by atoms with Gasteiger partial charge in [-0.05, 0) is 37.1 Å². The minimum atomic E-state index is -0.438. The number of fused-ring (bicyclic) bond motifs is 1. The highest BCUT2D eigenvalue weighted by molar-refractivity contribution is 7.18. The second-order valence-electron chi connectivity index (χ2n) is 7.47. The number of likely N-dealkylation sites (tertiary alicyclic amines) is 1. The molecule has 1 fully saturated rings. The van der Waals surface area contributed by atoms with Gasteiger partial charge in [-0.15, -0.1) is 11.3 Å². The normalized spacial score (nSPS) is 16.8. The van der Waals surface area contributed by atoms with Crippen LogP contribution in [0.25, 0.3) is 10.2 Å². The molecule has 1 aliphatic heterocycles. The number of carbonyl (C=O) groups excluding carboxylic acids is 1. The van der Waals surface area contributed by atoms with E-state index in [1.54, 1.807) is 47.4 Å². The lowest BCUT2D eigenvalue weighted by molar-refractivity contribution is -0.384. The number of nitro groups is 1. The highest BCUT2D eigenvalue weighted by Crippen LogP contribution is 2.34. The van der Waals surface area contributed by atoms with Crippen molar-refractivity contribution in [2.24, 2.45) is 0 Å². The Bertz CT molecular complexity index is 1050. The first kappa shape index (κ1) is 19.3. The van der Waals surface area contributed by atoms with Crippen molar-refractivity contribution in [3.63, 3.8) is 0 Å². The molecule has 1 amide bonds. The van der Waals surface area contributed by atoms with Crippen LogP contribution in [0.15, 0.2) is 42.5 Å². The zero-order valence-corrected chi connectivity index (χ0v) is 17.2. The summed E-state index contributed by atoms with van der Waals surface area (Å²) in [6, 6.07) is 12.8. The van der Waals surface area contributed by atoms with E-state index < -0.39 is 4.92 Å². The largest absolute Gasteiger partial charge is 0.372 e. The Balaban J connectivity index is 1.57. The summed E-state index contributed by atoms with van der Waals surface area (Å²) in [6.45, 7) is 1.24. The number of thiazole rings is 1. The molecule has 2 aromatic carbocycles. The number of aromatic nitrogens is 1. The third-order valence-corrected chi connectivity index (χ3v) is 6.47. The molecule has 0 radical (unpaired) electrons. The predicted molar refractivity (Wildman–Crippen MR) is 115 cm³/mol. The van der Waals surface area contributed by atoms with E-state index in [9.17, 15) is 14.9 Å². The van der Waals surface area contributed by atoms with E-state index >= 15 is 0 Å². The summed E-state index contributed by atoms with van der Waals surface area (Å²) in [6.07, 6.45) is 1.88. The van der Waals surface area contributed by atoms with Gasteiger partial charge >= 0.3 is 0 Å². The molecular weight excluding hydrogens is 388 g/mol. The van der Waals surface area contributed by atoms with Gasteiger partial charge in [-0.25, -0.2) is 4.98 Å². The Kier molecular flexibility index (Phi) is 5.19. The van der Waals surface area contributed by atoms with Crippen molar-refractivity contribution in [1.29, 1.82) is 0 Å². The van der Waals surface area contributed by atoms with Crippen LogP contribution in [0.5, 0.6) is 0 Å². The van der Waals surface area contributed by atoms with Crippen LogP contribution in [-0.2, 0) is 0 Å². The zero-order chi connectivity index (χ0) is 20.5. The van der Waals surface area contributed by atoms with Crippen molar-refractivity contribution < 1.29 is 9.72 Å².